The highest BCUT2D eigenvalue weighted by Gasteiger charge is 2.49. The largest absolute Gasteiger partial charge is 0.432 e. The second-order valence-corrected chi connectivity index (χ2v) is 10.7. The van der Waals surface area contributed by atoms with Crippen molar-refractivity contribution < 1.29 is 39.6 Å². The average Bonchev–Trinajstić information content (AvgIpc) is 3.14. The van der Waals surface area contributed by atoms with E-state index >= 15 is 0 Å². The molecule has 6 nitrogen and oxygen atoms in total. The number of H-pyrrole nitrogens is 1. The number of nitrogens with zero attached hydrogens (tertiary/aromatic N) is 1. The first kappa shape index (κ1) is 24.1. The van der Waals surface area contributed by atoms with Gasteiger partial charge in [-0.05, 0) is 50.8 Å². The number of benzene rings is 1. The van der Waals surface area contributed by atoms with E-state index in [1.165, 1.54) is 13.8 Å². The fourth-order valence-electron chi connectivity index (χ4n) is 3.51. The third kappa shape index (κ3) is 4.48. The number of carbonyl (C=O) groups is 1. The van der Waals surface area contributed by atoms with E-state index in [-0.39, 0.29) is 12.8 Å². The van der Waals surface area contributed by atoms with Crippen molar-refractivity contribution in [3.63, 3.8) is 0 Å². The lowest BCUT2D eigenvalue weighted by Crippen LogP contribution is -2.53. The Kier molecular flexibility index (Phi) is 5.86. The Morgan fingerprint density at radius 2 is 1.69 bits per heavy atom. The molecule has 1 aromatic carbocycles. The van der Waals surface area contributed by atoms with Crippen molar-refractivity contribution in [1.29, 1.82) is 0 Å². The molecule has 1 saturated carbocycles. The Labute approximate surface area is 179 Å². The number of rotatable bonds is 5. The van der Waals surface area contributed by atoms with Crippen LogP contribution in [0.3, 0.4) is 0 Å². The molecule has 2 N–H and O–H groups in total. The quantitative estimate of drug-likeness (QED) is 0.624. The molecule has 0 saturated heterocycles. The molecule has 3 rings (SSSR count). The first-order valence-corrected chi connectivity index (χ1v) is 10.9. The van der Waals surface area contributed by atoms with Gasteiger partial charge in [-0.25, -0.2) is 8.42 Å². The molecular weight excluding hydrogens is 464 g/mol. The predicted octanol–water partition coefficient (Wildman–Crippen LogP) is 4.21. The van der Waals surface area contributed by atoms with Gasteiger partial charge in [0, 0.05) is 12.1 Å². The average molecular weight is 483 g/mol. The molecule has 0 atom stereocenters. The zero-order chi connectivity index (χ0) is 24.1. The molecule has 1 amide bonds. The van der Waals surface area contributed by atoms with Gasteiger partial charge in [0.1, 0.15) is 5.69 Å². The van der Waals surface area contributed by atoms with Crippen LogP contribution in [0.1, 0.15) is 48.4 Å². The number of aromatic amines is 1. The van der Waals surface area contributed by atoms with Crippen molar-refractivity contribution in [1.82, 2.24) is 15.5 Å². The van der Waals surface area contributed by atoms with Crippen LogP contribution < -0.4 is 5.32 Å². The van der Waals surface area contributed by atoms with Gasteiger partial charge in [0.25, 0.3) is 5.91 Å². The maximum atomic E-state index is 13.0. The number of halogens is 6. The molecule has 13 heteroatoms. The van der Waals surface area contributed by atoms with Crippen LogP contribution in [0.25, 0.3) is 0 Å². The fourth-order valence-corrected chi connectivity index (χ4v) is 5.29. The Balaban J connectivity index is 1.68. The van der Waals surface area contributed by atoms with Gasteiger partial charge in [0.2, 0.25) is 0 Å². The minimum absolute atomic E-state index is 0.188. The number of aromatic nitrogens is 2. The number of hydrogen-bond donors (Lipinski definition) is 2. The highest BCUT2D eigenvalue weighted by atomic mass is 32.2. The van der Waals surface area contributed by atoms with Crippen molar-refractivity contribution >= 4 is 15.7 Å². The van der Waals surface area contributed by atoms with E-state index in [0.717, 1.165) is 18.2 Å². The number of sulfone groups is 1. The van der Waals surface area contributed by atoms with Crippen molar-refractivity contribution in [2.45, 2.75) is 54.7 Å². The molecule has 1 fully saturated rings. The molecule has 0 radical (unpaired) electrons. The summed E-state index contributed by atoms with van der Waals surface area (Å²) in [6.45, 7) is 2.79. The van der Waals surface area contributed by atoms with E-state index in [1.807, 2.05) is 0 Å². The van der Waals surface area contributed by atoms with Gasteiger partial charge in [-0.1, -0.05) is 6.07 Å². The summed E-state index contributed by atoms with van der Waals surface area (Å²) in [4.78, 5) is 11.7. The van der Waals surface area contributed by atoms with E-state index < -0.39 is 66.7 Å². The fraction of sp³-hybridized carbons (Fsp3) is 0.474. The molecule has 1 heterocycles. The molecule has 1 aliphatic carbocycles. The van der Waals surface area contributed by atoms with E-state index in [2.05, 4.69) is 10.4 Å². The van der Waals surface area contributed by atoms with Gasteiger partial charge in [-0.2, -0.15) is 31.4 Å². The second kappa shape index (κ2) is 7.78. The summed E-state index contributed by atoms with van der Waals surface area (Å²) in [5.41, 5.74) is -2.72. The normalized spacial score (nSPS) is 20.0. The van der Waals surface area contributed by atoms with E-state index in [0.29, 0.717) is 12.1 Å². The minimum Gasteiger partial charge on any atom is -0.348 e. The minimum atomic E-state index is -4.69. The predicted molar refractivity (Wildman–Crippen MR) is 100 cm³/mol. The van der Waals surface area contributed by atoms with Gasteiger partial charge >= 0.3 is 12.4 Å². The monoisotopic (exact) mass is 483 g/mol. The number of alkyl halides is 6. The molecule has 2 aromatic rings. The van der Waals surface area contributed by atoms with Crippen LogP contribution in [0.15, 0.2) is 35.2 Å². The third-order valence-corrected chi connectivity index (χ3v) is 8.33. The lowest BCUT2D eigenvalue weighted by atomic mass is 9.73. The first-order valence-electron chi connectivity index (χ1n) is 9.39. The molecule has 0 unspecified atom stereocenters. The lowest BCUT2D eigenvalue weighted by Gasteiger charge is -2.44. The Morgan fingerprint density at radius 3 is 2.22 bits per heavy atom. The van der Waals surface area contributed by atoms with Gasteiger partial charge in [0.05, 0.1) is 15.2 Å². The molecule has 32 heavy (non-hydrogen) atoms. The summed E-state index contributed by atoms with van der Waals surface area (Å²) in [7, 11) is -4.15. The smallest absolute Gasteiger partial charge is 0.348 e. The topological polar surface area (TPSA) is 91.9 Å². The zero-order valence-corrected chi connectivity index (χ0v) is 17.6. The summed E-state index contributed by atoms with van der Waals surface area (Å²) >= 11 is 0. The molecule has 0 spiro atoms. The summed E-state index contributed by atoms with van der Waals surface area (Å²) in [6.07, 6.45) is -9.00. The lowest BCUT2D eigenvalue weighted by molar-refractivity contribution is -0.141. The number of carbonyl (C=O) groups excluding carboxylic acids is 1. The van der Waals surface area contributed by atoms with Crippen LogP contribution >= 0.6 is 0 Å². The van der Waals surface area contributed by atoms with E-state index in [1.54, 1.807) is 5.10 Å². The van der Waals surface area contributed by atoms with Crippen LogP contribution in [0.5, 0.6) is 0 Å². The third-order valence-electron chi connectivity index (χ3n) is 5.74. The Morgan fingerprint density at radius 1 is 1.06 bits per heavy atom. The van der Waals surface area contributed by atoms with Gasteiger partial charge in [0.15, 0.2) is 15.5 Å². The van der Waals surface area contributed by atoms with Gasteiger partial charge < -0.3 is 5.32 Å². The SMILES string of the molecule is CC(C)(C1CC(NC(=O)c2cc(C(F)(F)F)[nH]n2)C1)S(=O)(=O)c1cccc(C(F)(F)F)c1. The number of hydrogen-bond acceptors (Lipinski definition) is 4. The molecule has 0 aliphatic heterocycles. The van der Waals surface area contributed by atoms with Gasteiger partial charge in [-0.3, -0.25) is 9.89 Å². The highest BCUT2D eigenvalue weighted by Crippen LogP contribution is 2.44. The highest BCUT2D eigenvalue weighted by molar-refractivity contribution is 7.92. The standard InChI is InChI=1S/C19H19F6N3O3S/c1-17(2,32(30,31)13-5-3-4-10(8-13)18(20,21)22)11-6-12(7-11)26-16(29)14-9-15(28-27-14)19(23,24)25/h3-5,8-9,11-12H,6-7H2,1-2H3,(H,26,29)(H,27,28). The van der Waals surface area contributed by atoms with Crippen LogP contribution in [-0.4, -0.2) is 35.3 Å². The summed E-state index contributed by atoms with van der Waals surface area (Å²) in [6, 6.07) is 3.54. The molecule has 176 valence electrons. The van der Waals surface area contributed by atoms with Crippen LogP contribution in [0.4, 0.5) is 26.3 Å². The maximum absolute atomic E-state index is 13.0. The molecule has 0 bridgehead atoms. The van der Waals surface area contributed by atoms with Crippen LogP contribution in [-0.2, 0) is 22.2 Å². The second-order valence-electron chi connectivity index (χ2n) is 8.14. The zero-order valence-electron chi connectivity index (χ0n) is 16.8. The Hall–Kier alpha value is -2.57. The Bertz CT molecular complexity index is 1120. The first-order chi connectivity index (χ1) is 14.5. The molecular formula is C19H19F6N3O3S. The van der Waals surface area contributed by atoms with Crippen molar-refractivity contribution in [2.75, 3.05) is 0 Å². The van der Waals surface area contributed by atoms with Crippen molar-refractivity contribution in [2.24, 2.45) is 5.92 Å². The summed E-state index contributed by atoms with van der Waals surface area (Å²) in [5, 5.41) is 7.54. The van der Waals surface area contributed by atoms with E-state index in [4.69, 9.17) is 0 Å². The van der Waals surface area contributed by atoms with Crippen molar-refractivity contribution in [3.05, 3.63) is 47.3 Å². The summed E-state index contributed by atoms with van der Waals surface area (Å²) < 4.78 is 101. The number of amides is 1. The van der Waals surface area contributed by atoms with Crippen molar-refractivity contribution in [3.8, 4) is 0 Å². The molecule has 1 aromatic heterocycles. The van der Waals surface area contributed by atoms with Crippen LogP contribution in [0.2, 0.25) is 0 Å². The van der Waals surface area contributed by atoms with Gasteiger partial charge in [-0.15, -0.1) is 0 Å². The maximum Gasteiger partial charge on any atom is 0.432 e. The molecule has 1 aliphatic rings. The van der Waals surface area contributed by atoms with E-state index in [9.17, 15) is 39.6 Å². The van der Waals surface area contributed by atoms with Crippen LogP contribution in [0, 0.1) is 5.92 Å². The summed E-state index contributed by atoms with van der Waals surface area (Å²) in [5.74, 6) is -1.34. The number of nitrogens with one attached hydrogen (secondary N) is 2.